The Bertz CT molecular complexity index is 1770. The fraction of sp³-hybridized carbons (Fsp3) is 0.115. The lowest BCUT2D eigenvalue weighted by molar-refractivity contribution is -0.136. The third-order valence-corrected chi connectivity index (χ3v) is 6.04. The molecule has 1 amide bonds. The molecule has 0 aliphatic carbocycles. The van der Waals surface area contributed by atoms with Gasteiger partial charge in [-0.25, -0.2) is 9.50 Å². The van der Waals surface area contributed by atoms with Crippen LogP contribution >= 0.6 is 0 Å². The maximum absolute atomic E-state index is 13.8. The van der Waals surface area contributed by atoms with E-state index in [9.17, 15) is 35.9 Å². The van der Waals surface area contributed by atoms with E-state index in [0.717, 1.165) is 30.1 Å². The quantitative estimate of drug-likeness (QED) is 0.212. The number of nitrogens with one attached hydrogen (secondary N) is 1. The number of halogens is 6. The number of amides is 1. The molecule has 5 aromatic rings. The first-order chi connectivity index (χ1) is 19.3. The van der Waals surface area contributed by atoms with Crippen molar-refractivity contribution in [3.8, 4) is 11.3 Å². The van der Waals surface area contributed by atoms with Gasteiger partial charge in [0.2, 0.25) is 0 Å². The van der Waals surface area contributed by atoms with Crippen molar-refractivity contribution in [2.45, 2.75) is 18.9 Å². The fourth-order valence-electron chi connectivity index (χ4n) is 4.30. The molecule has 0 bridgehead atoms. The highest BCUT2D eigenvalue weighted by Gasteiger charge is 2.44. The van der Waals surface area contributed by atoms with Crippen molar-refractivity contribution in [2.24, 2.45) is 0 Å². The van der Waals surface area contributed by atoms with Gasteiger partial charge < -0.3 is 11.1 Å². The summed E-state index contributed by atoms with van der Waals surface area (Å²) >= 11 is 0. The number of benzene rings is 2. The first kappa shape index (κ1) is 27.4. The molecule has 0 saturated heterocycles. The predicted octanol–water partition coefficient (Wildman–Crippen LogP) is 5.24. The number of nitrogens with two attached hydrogens (primary N) is 1. The smallest absolute Gasteiger partial charge is 0.382 e. The van der Waals surface area contributed by atoms with Crippen molar-refractivity contribution in [3.05, 3.63) is 95.6 Å². The van der Waals surface area contributed by atoms with E-state index in [1.807, 2.05) is 30.3 Å². The van der Waals surface area contributed by atoms with Gasteiger partial charge in [-0.3, -0.25) is 14.3 Å². The molecule has 0 radical (unpaired) electrons. The number of Topliss-reactive ketones (excluding diaryl/α,β-unsaturated/α-hetero) is 1. The summed E-state index contributed by atoms with van der Waals surface area (Å²) in [5, 5.41) is 10.2. The summed E-state index contributed by atoms with van der Waals surface area (Å²) in [4.78, 5) is 29.4. The standard InChI is InChI=1S/C26H17F6N7O2/c27-25(28,29)18-9-19(39-21(18)23(33)34-13-36-39)16-7-4-8-17(20(16)22(40)26(30,31)32)24(41)37-15-10-35-38(12-15)11-14-5-2-1-3-6-14/h1-10,12-13H,11H2,(H,37,41)(H2,33,34,36). The molecule has 41 heavy (non-hydrogen) atoms. The molecule has 0 saturated carbocycles. The second kappa shape index (κ2) is 10.1. The van der Waals surface area contributed by atoms with Crippen LogP contribution in [0, 0.1) is 0 Å². The SMILES string of the molecule is Nc1ncnn2c(-c3cccc(C(=O)Nc4cnn(Cc5ccccc5)c4)c3C(=O)C(F)(F)F)cc(C(F)(F)F)c12. The Morgan fingerprint density at radius 1 is 0.951 bits per heavy atom. The maximum Gasteiger partial charge on any atom is 0.454 e. The van der Waals surface area contributed by atoms with E-state index in [2.05, 4.69) is 20.5 Å². The minimum Gasteiger partial charge on any atom is -0.382 e. The molecule has 210 valence electrons. The van der Waals surface area contributed by atoms with E-state index < -0.39 is 63.3 Å². The van der Waals surface area contributed by atoms with Crippen molar-refractivity contribution in [1.82, 2.24) is 24.4 Å². The van der Waals surface area contributed by atoms with Gasteiger partial charge in [-0.05, 0) is 17.7 Å². The lowest BCUT2D eigenvalue weighted by Gasteiger charge is -2.15. The molecule has 0 spiro atoms. The van der Waals surface area contributed by atoms with Gasteiger partial charge in [-0.15, -0.1) is 0 Å². The second-order valence-electron chi connectivity index (χ2n) is 8.77. The first-order valence-electron chi connectivity index (χ1n) is 11.7. The molecular formula is C26H17F6N7O2. The Hall–Kier alpha value is -5.21. The monoisotopic (exact) mass is 573 g/mol. The lowest BCUT2D eigenvalue weighted by atomic mass is 9.94. The number of carbonyl (C=O) groups is 2. The number of fused-ring (bicyclic) bond motifs is 1. The molecule has 15 heteroatoms. The van der Waals surface area contributed by atoms with E-state index in [4.69, 9.17) is 5.73 Å². The molecule has 0 unspecified atom stereocenters. The Labute approximate surface area is 226 Å². The molecule has 0 fully saturated rings. The number of hydrogen-bond donors (Lipinski definition) is 2. The Morgan fingerprint density at radius 2 is 1.68 bits per heavy atom. The van der Waals surface area contributed by atoms with E-state index in [0.29, 0.717) is 17.1 Å². The number of nitrogen functional groups attached to an aromatic ring is 1. The number of nitrogens with zero attached hydrogens (tertiary/aromatic N) is 5. The average molecular weight is 573 g/mol. The van der Waals surface area contributed by atoms with Gasteiger partial charge in [0.15, 0.2) is 5.82 Å². The number of carbonyl (C=O) groups excluding carboxylic acids is 2. The maximum atomic E-state index is 13.8. The number of ketones is 1. The molecule has 9 nitrogen and oxygen atoms in total. The number of anilines is 2. The van der Waals surface area contributed by atoms with Crippen LogP contribution in [0.3, 0.4) is 0 Å². The van der Waals surface area contributed by atoms with E-state index in [-0.39, 0.29) is 5.69 Å². The summed E-state index contributed by atoms with van der Waals surface area (Å²) in [6.45, 7) is 0.331. The van der Waals surface area contributed by atoms with Gasteiger partial charge in [-0.1, -0.05) is 42.5 Å². The van der Waals surface area contributed by atoms with Crippen molar-refractivity contribution >= 4 is 28.7 Å². The highest BCUT2D eigenvalue weighted by atomic mass is 19.4. The van der Waals surface area contributed by atoms with Crippen LogP contribution in [0.25, 0.3) is 16.8 Å². The number of alkyl halides is 6. The Kier molecular flexibility index (Phi) is 6.72. The predicted molar refractivity (Wildman–Crippen MR) is 134 cm³/mol. The third-order valence-electron chi connectivity index (χ3n) is 6.04. The van der Waals surface area contributed by atoms with Crippen LogP contribution < -0.4 is 11.1 Å². The zero-order valence-corrected chi connectivity index (χ0v) is 20.5. The van der Waals surface area contributed by atoms with Crippen LogP contribution in [0.1, 0.15) is 31.8 Å². The number of rotatable bonds is 6. The molecular weight excluding hydrogens is 556 g/mol. The highest BCUT2D eigenvalue weighted by Crippen LogP contribution is 2.40. The zero-order valence-electron chi connectivity index (χ0n) is 20.5. The minimum absolute atomic E-state index is 0.106. The Balaban J connectivity index is 1.60. The van der Waals surface area contributed by atoms with Crippen molar-refractivity contribution in [3.63, 3.8) is 0 Å². The zero-order chi connectivity index (χ0) is 29.5. The van der Waals surface area contributed by atoms with Crippen molar-refractivity contribution < 1.29 is 35.9 Å². The van der Waals surface area contributed by atoms with Crippen molar-refractivity contribution in [1.29, 1.82) is 0 Å². The topological polar surface area (TPSA) is 120 Å². The van der Waals surface area contributed by atoms with Crippen molar-refractivity contribution in [2.75, 3.05) is 11.1 Å². The number of hydrogen-bond acceptors (Lipinski definition) is 6. The van der Waals surface area contributed by atoms with Crippen LogP contribution in [0.2, 0.25) is 0 Å². The van der Waals surface area contributed by atoms with Crippen LogP contribution in [-0.4, -0.2) is 42.2 Å². The summed E-state index contributed by atoms with van der Waals surface area (Å²) in [5.41, 5.74) is 1.50. The van der Waals surface area contributed by atoms with Gasteiger partial charge in [0, 0.05) is 17.3 Å². The second-order valence-corrected chi connectivity index (χ2v) is 8.77. The summed E-state index contributed by atoms with van der Waals surface area (Å²) < 4.78 is 84.8. The molecule has 0 atom stereocenters. The van der Waals surface area contributed by atoms with E-state index in [1.165, 1.54) is 17.1 Å². The Morgan fingerprint density at radius 3 is 2.37 bits per heavy atom. The van der Waals surface area contributed by atoms with Crippen LogP contribution in [0.5, 0.6) is 0 Å². The van der Waals surface area contributed by atoms with Gasteiger partial charge in [0.25, 0.3) is 11.7 Å². The fourth-order valence-corrected chi connectivity index (χ4v) is 4.30. The summed E-state index contributed by atoms with van der Waals surface area (Å²) in [7, 11) is 0. The molecule has 3 aromatic heterocycles. The van der Waals surface area contributed by atoms with Gasteiger partial charge in [-0.2, -0.15) is 36.5 Å². The molecule has 3 heterocycles. The van der Waals surface area contributed by atoms with Crippen LogP contribution in [0.4, 0.5) is 37.8 Å². The lowest BCUT2D eigenvalue weighted by Crippen LogP contribution is -2.27. The normalized spacial score (nSPS) is 12.0. The molecule has 5 rings (SSSR count). The molecule has 0 aliphatic rings. The first-order valence-corrected chi connectivity index (χ1v) is 11.7. The van der Waals surface area contributed by atoms with Crippen LogP contribution in [0.15, 0.2) is 73.3 Å². The minimum atomic E-state index is -5.47. The summed E-state index contributed by atoms with van der Waals surface area (Å²) in [6, 6.07) is 12.7. The molecule has 2 aromatic carbocycles. The third kappa shape index (κ3) is 5.33. The largest absolute Gasteiger partial charge is 0.454 e. The van der Waals surface area contributed by atoms with Gasteiger partial charge in [0.05, 0.1) is 35.2 Å². The highest BCUT2D eigenvalue weighted by molar-refractivity contribution is 6.17. The van der Waals surface area contributed by atoms with E-state index >= 15 is 0 Å². The molecule has 3 N–H and O–H groups in total. The number of aromatic nitrogens is 5. The summed E-state index contributed by atoms with van der Waals surface area (Å²) in [6.07, 6.45) is -6.98. The summed E-state index contributed by atoms with van der Waals surface area (Å²) in [5.74, 6) is -4.16. The average Bonchev–Trinajstić information content (AvgIpc) is 3.53. The van der Waals surface area contributed by atoms with E-state index in [1.54, 1.807) is 0 Å². The van der Waals surface area contributed by atoms with Crippen LogP contribution in [-0.2, 0) is 12.7 Å². The van der Waals surface area contributed by atoms with Gasteiger partial charge in [0.1, 0.15) is 11.8 Å². The molecule has 0 aliphatic heterocycles. The van der Waals surface area contributed by atoms with Gasteiger partial charge >= 0.3 is 12.4 Å².